The van der Waals surface area contributed by atoms with Crippen LogP contribution in [0.15, 0.2) is 18.2 Å². The van der Waals surface area contributed by atoms with E-state index in [-0.39, 0.29) is 0 Å². The molecule has 3 nitrogen and oxygen atoms in total. The number of rotatable bonds is 4. The highest BCUT2D eigenvalue weighted by atomic mass is 16.5. The second-order valence-corrected chi connectivity index (χ2v) is 5.22. The summed E-state index contributed by atoms with van der Waals surface area (Å²) in [7, 11) is 1.70. The molecule has 1 unspecified atom stereocenters. The van der Waals surface area contributed by atoms with Crippen LogP contribution in [0.3, 0.4) is 0 Å². The normalized spacial score (nSPS) is 20.9. The summed E-state index contributed by atoms with van der Waals surface area (Å²) < 4.78 is 5.27. The molecular weight excluding hydrogens is 224 g/mol. The van der Waals surface area contributed by atoms with Crippen LogP contribution in [0, 0.1) is 5.92 Å². The lowest BCUT2D eigenvalue weighted by atomic mass is 9.95. The number of piperidine rings is 1. The maximum atomic E-state index is 6.05. The summed E-state index contributed by atoms with van der Waals surface area (Å²) >= 11 is 0. The molecule has 0 amide bonds. The van der Waals surface area contributed by atoms with Gasteiger partial charge in [-0.25, -0.2) is 0 Å². The summed E-state index contributed by atoms with van der Waals surface area (Å²) in [6, 6.07) is 5.92. The van der Waals surface area contributed by atoms with Crippen molar-refractivity contribution < 1.29 is 4.74 Å². The molecule has 1 saturated heterocycles. The van der Waals surface area contributed by atoms with Crippen LogP contribution in [0.1, 0.15) is 31.7 Å². The Labute approximate surface area is 110 Å². The van der Waals surface area contributed by atoms with E-state index >= 15 is 0 Å². The summed E-state index contributed by atoms with van der Waals surface area (Å²) in [5.74, 6) is 1.74. The van der Waals surface area contributed by atoms with E-state index in [9.17, 15) is 0 Å². The van der Waals surface area contributed by atoms with Crippen LogP contribution in [-0.2, 0) is 6.54 Å². The minimum absolute atomic E-state index is 0.852. The molecule has 0 aliphatic carbocycles. The molecule has 0 bridgehead atoms. The van der Waals surface area contributed by atoms with E-state index < -0.39 is 0 Å². The van der Waals surface area contributed by atoms with Crippen LogP contribution in [0.2, 0.25) is 0 Å². The summed E-state index contributed by atoms with van der Waals surface area (Å²) in [6.07, 6.45) is 3.97. The lowest BCUT2D eigenvalue weighted by Gasteiger charge is -2.32. The second-order valence-electron chi connectivity index (χ2n) is 5.22. The van der Waals surface area contributed by atoms with E-state index in [1.165, 1.54) is 37.9 Å². The highest BCUT2D eigenvalue weighted by Gasteiger charge is 2.19. The Morgan fingerprint density at radius 2 is 2.28 bits per heavy atom. The maximum absolute atomic E-state index is 6.05. The van der Waals surface area contributed by atoms with Crippen molar-refractivity contribution in [2.45, 2.75) is 32.7 Å². The van der Waals surface area contributed by atoms with Gasteiger partial charge in [0.1, 0.15) is 5.75 Å². The molecule has 1 aliphatic heterocycles. The zero-order chi connectivity index (χ0) is 13.0. The Balaban J connectivity index is 2.04. The molecule has 0 spiro atoms. The highest BCUT2D eigenvalue weighted by molar-refractivity contribution is 5.50. The van der Waals surface area contributed by atoms with Crippen LogP contribution in [0.25, 0.3) is 0 Å². The van der Waals surface area contributed by atoms with Crippen LogP contribution in [-0.4, -0.2) is 25.1 Å². The fourth-order valence-electron chi connectivity index (χ4n) is 2.72. The van der Waals surface area contributed by atoms with E-state index in [1.807, 2.05) is 12.1 Å². The molecular formula is C15H24N2O. The quantitative estimate of drug-likeness (QED) is 0.833. The van der Waals surface area contributed by atoms with Gasteiger partial charge in [0.15, 0.2) is 0 Å². The van der Waals surface area contributed by atoms with Crippen molar-refractivity contribution in [1.82, 2.24) is 4.90 Å². The van der Waals surface area contributed by atoms with Crippen molar-refractivity contribution in [3.05, 3.63) is 23.8 Å². The highest BCUT2D eigenvalue weighted by Crippen LogP contribution is 2.25. The predicted molar refractivity (Wildman–Crippen MR) is 75.7 cm³/mol. The van der Waals surface area contributed by atoms with Gasteiger partial charge < -0.3 is 10.5 Å². The third-order valence-electron chi connectivity index (χ3n) is 3.92. The Hall–Kier alpha value is -1.22. The molecule has 100 valence electrons. The Bertz CT molecular complexity index is 392. The molecule has 1 heterocycles. The molecule has 1 fully saturated rings. The first-order chi connectivity index (χ1) is 8.72. The van der Waals surface area contributed by atoms with Crippen molar-refractivity contribution in [2.24, 2.45) is 5.92 Å². The lowest BCUT2D eigenvalue weighted by molar-refractivity contribution is 0.165. The predicted octanol–water partition coefficient (Wildman–Crippen LogP) is 2.90. The summed E-state index contributed by atoms with van der Waals surface area (Å²) in [6.45, 7) is 5.62. The molecule has 0 radical (unpaired) electrons. The third-order valence-corrected chi connectivity index (χ3v) is 3.92. The summed E-state index contributed by atoms with van der Waals surface area (Å²) in [4.78, 5) is 2.52. The molecule has 1 atom stereocenters. The molecule has 1 aliphatic rings. The first-order valence-electron chi connectivity index (χ1n) is 6.87. The van der Waals surface area contributed by atoms with Gasteiger partial charge in [0.05, 0.1) is 7.11 Å². The molecule has 1 aromatic carbocycles. The number of nitrogen functional groups attached to an aromatic ring is 1. The van der Waals surface area contributed by atoms with E-state index in [1.54, 1.807) is 7.11 Å². The van der Waals surface area contributed by atoms with E-state index in [0.717, 1.165) is 23.9 Å². The minimum atomic E-state index is 0.852. The average molecular weight is 248 g/mol. The lowest BCUT2D eigenvalue weighted by Crippen LogP contribution is -2.34. The number of hydrogen-bond donors (Lipinski definition) is 1. The molecule has 3 heteroatoms. The number of likely N-dealkylation sites (tertiary alicyclic amines) is 1. The number of benzene rings is 1. The van der Waals surface area contributed by atoms with Crippen LogP contribution >= 0.6 is 0 Å². The third kappa shape index (κ3) is 3.16. The van der Waals surface area contributed by atoms with Gasteiger partial charge in [-0.15, -0.1) is 0 Å². The molecule has 0 saturated carbocycles. The van der Waals surface area contributed by atoms with Crippen molar-refractivity contribution in [3.8, 4) is 5.75 Å². The van der Waals surface area contributed by atoms with Crippen molar-refractivity contribution >= 4 is 5.69 Å². The van der Waals surface area contributed by atoms with E-state index in [4.69, 9.17) is 10.5 Å². The summed E-state index contributed by atoms with van der Waals surface area (Å²) in [5, 5.41) is 0. The SMILES string of the molecule is CCC1CCCN(Cc2cc(OC)ccc2N)C1. The van der Waals surface area contributed by atoms with Gasteiger partial charge in [0, 0.05) is 18.8 Å². The van der Waals surface area contributed by atoms with Crippen LogP contribution < -0.4 is 10.5 Å². The Morgan fingerprint density at radius 3 is 3.00 bits per heavy atom. The minimum Gasteiger partial charge on any atom is -0.497 e. The first-order valence-corrected chi connectivity index (χ1v) is 6.87. The maximum Gasteiger partial charge on any atom is 0.119 e. The second kappa shape index (κ2) is 6.10. The fourth-order valence-corrected chi connectivity index (χ4v) is 2.72. The topological polar surface area (TPSA) is 38.5 Å². The van der Waals surface area contributed by atoms with Gasteiger partial charge in [-0.1, -0.05) is 13.3 Å². The average Bonchev–Trinajstić information content (AvgIpc) is 2.41. The fraction of sp³-hybridized carbons (Fsp3) is 0.600. The van der Waals surface area contributed by atoms with Gasteiger partial charge in [0.25, 0.3) is 0 Å². The first kappa shape index (κ1) is 13.2. The number of hydrogen-bond acceptors (Lipinski definition) is 3. The Kier molecular flexibility index (Phi) is 4.48. The molecule has 18 heavy (non-hydrogen) atoms. The van der Waals surface area contributed by atoms with Gasteiger partial charge in [-0.2, -0.15) is 0 Å². The molecule has 2 rings (SSSR count). The standard InChI is InChI=1S/C15H24N2O/c1-3-12-5-4-8-17(10-12)11-13-9-14(18-2)6-7-15(13)16/h6-7,9,12H,3-5,8,10-11,16H2,1-2H3. The van der Waals surface area contributed by atoms with Gasteiger partial charge >= 0.3 is 0 Å². The number of nitrogens with zero attached hydrogens (tertiary/aromatic N) is 1. The van der Waals surface area contributed by atoms with E-state index in [2.05, 4.69) is 17.9 Å². The molecule has 0 aromatic heterocycles. The van der Waals surface area contributed by atoms with Crippen molar-refractivity contribution in [2.75, 3.05) is 25.9 Å². The number of ether oxygens (including phenoxy) is 1. The van der Waals surface area contributed by atoms with Crippen LogP contribution in [0.4, 0.5) is 5.69 Å². The van der Waals surface area contributed by atoms with Gasteiger partial charge in [-0.05, 0) is 49.1 Å². The molecule has 2 N–H and O–H groups in total. The Morgan fingerprint density at radius 1 is 1.44 bits per heavy atom. The van der Waals surface area contributed by atoms with Crippen molar-refractivity contribution in [3.63, 3.8) is 0 Å². The molecule has 1 aromatic rings. The summed E-state index contributed by atoms with van der Waals surface area (Å²) in [5.41, 5.74) is 8.10. The zero-order valence-electron chi connectivity index (χ0n) is 11.5. The zero-order valence-corrected chi connectivity index (χ0v) is 11.5. The number of anilines is 1. The van der Waals surface area contributed by atoms with Gasteiger partial charge in [0.2, 0.25) is 0 Å². The van der Waals surface area contributed by atoms with Crippen molar-refractivity contribution in [1.29, 1.82) is 0 Å². The van der Waals surface area contributed by atoms with Crippen LogP contribution in [0.5, 0.6) is 5.75 Å². The number of nitrogens with two attached hydrogens (primary N) is 1. The number of methoxy groups -OCH3 is 1. The largest absolute Gasteiger partial charge is 0.497 e. The monoisotopic (exact) mass is 248 g/mol. The van der Waals surface area contributed by atoms with Gasteiger partial charge in [-0.3, -0.25) is 4.90 Å². The smallest absolute Gasteiger partial charge is 0.119 e. The van der Waals surface area contributed by atoms with E-state index in [0.29, 0.717) is 0 Å².